The molecule has 4 heteroatoms. The third-order valence-electron chi connectivity index (χ3n) is 2.04. The van der Waals surface area contributed by atoms with Gasteiger partial charge in [-0.25, -0.2) is 9.37 Å². The Kier molecular flexibility index (Phi) is 3.51. The van der Waals surface area contributed by atoms with E-state index >= 15 is 0 Å². The summed E-state index contributed by atoms with van der Waals surface area (Å²) >= 11 is 3.14. The van der Waals surface area contributed by atoms with Crippen LogP contribution in [-0.4, -0.2) is 4.98 Å². The lowest BCUT2D eigenvalue weighted by Gasteiger charge is -2.08. The molecule has 0 amide bonds. The molecule has 0 N–H and O–H groups in total. The summed E-state index contributed by atoms with van der Waals surface area (Å²) in [6, 6.07) is 10.8. The van der Waals surface area contributed by atoms with Gasteiger partial charge in [0, 0.05) is 6.20 Å². The van der Waals surface area contributed by atoms with E-state index in [-0.39, 0.29) is 5.75 Å². The summed E-state index contributed by atoms with van der Waals surface area (Å²) in [6.45, 7) is 0.321. The first-order valence-corrected chi connectivity index (χ1v) is 5.53. The highest BCUT2D eigenvalue weighted by molar-refractivity contribution is 9.10. The van der Waals surface area contributed by atoms with Crippen molar-refractivity contribution in [3.63, 3.8) is 0 Å². The summed E-state index contributed by atoms with van der Waals surface area (Å²) < 4.78 is 19.1. The summed E-state index contributed by atoms with van der Waals surface area (Å²) in [5.74, 6) is -0.274. The maximum Gasteiger partial charge on any atom is 0.188 e. The van der Waals surface area contributed by atoms with Crippen LogP contribution < -0.4 is 4.74 Å². The standard InChI is InChI=1S/C12H9BrFNO/c13-12-11(10(14)6-7-15-12)16-8-9-4-2-1-3-5-9/h1-7H,8H2. The zero-order valence-corrected chi connectivity index (χ0v) is 9.95. The van der Waals surface area contributed by atoms with E-state index in [0.29, 0.717) is 11.2 Å². The monoisotopic (exact) mass is 281 g/mol. The van der Waals surface area contributed by atoms with Gasteiger partial charge in [0.25, 0.3) is 0 Å². The summed E-state index contributed by atoms with van der Waals surface area (Å²) in [5.41, 5.74) is 0.984. The van der Waals surface area contributed by atoms with E-state index in [1.807, 2.05) is 30.3 Å². The molecule has 1 aromatic heterocycles. The molecular formula is C12H9BrFNO. The van der Waals surface area contributed by atoms with Crippen molar-refractivity contribution in [2.75, 3.05) is 0 Å². The van der Waals surface area contributed by atoms with Crippen LogP contribution in [0.5, 0.6) is 5.75 Å². The quantitative estimate of drug-likeness (QED) is 0.803. The Morgan fingerprint density at radius 3 is 2.62 bits per heavy atom. The van der Waals surface area contributed by atoms with Crippen LogP contribution in [0.25, 0.3) is 0 Å². The van der Waals surface area contributed by atoms with E-state index in [0.717, 1.165) is 5.56 Å². The Balaban J connectivity index is 2.11. The molecule has 16 heavy (non-hydrogen) atoms. The van der Waals surface area contributed by atoms with Gasteiger partial charge >= 0.3 is 0 Å². The SMILES string of the molecule is Fc1ccnc(Br)c1OCc1ccccc1. The molecule has 0 unspecified atom stereocenters. The molecule has 0 saturated heterocycles. The molecule has 0 saturated carbocycles. The summed E-state index contributed by atoms with van der Waals surface area (Å²) in [5, 5.41) is 0. The number of nitrogens with zero attached hydrogens (tertiary/aromatic N) is 1. The molecular weight excluding hydrogens is 273 g/mol. The molecule has 0 bridgehead atoms. The van der Waals surface area contributed by atoms with Crippen molar-refractivity contribution in [1.29, 1.82) is 0 Å². The van der Waals surface area contributed by atoms with Gasteiger partial charge in [-0.3, -0.25) is 0 Å². The first kappa shape index (κ1) is 11.1. The van der Waals surface area contributed by atoms with Gasteiger partial charge < -0.3 is 4.74 Å². The summed E-state index contributed by atoms with van der Waals surface area (Å²) in [6.07, 6.45) is 1.38. The van der Waals surface area contributed by atoms with Crippen molar-refractivity contribution < 1.29 is 9.13 Å². The van der Waals surface area contributed by atoms with Gasteiger partial charge in [0.15, 0.2) is 16.2 Å². The fourth-order valence-electron chi connectivity index (χ4n) is 1.26. The van der Waals surface area contributed by atoms with Gasteiger partial charge in [-0.2, -0.15) is 0 Å². The predicted molar refractivity (Wildman–Crippen MR) is 62.7 cm³/mol. The van der Waals surface area contributed by atoms with Gasteiger partial charge in [0.05, 0.1) is 0 Å². The molecule has 1 aromatic carbocycles. The van der Waals surface area contributed by atoms with E-state index in [9.17, 15) is 4.39 Å². The Morgan fingerprint density at radius 2 is 1.94 bits per heavy atom. The second-order valence-corrected chi connectivity index (χ2v) is 3.94. The Morgan fingerprint density at radius 1 is 1.19 bits per heavy atom. The molecule has 2 rings (SSSR count). The third kappa shape index (κ3) is 2.58. The second kappa shape index (κ2) is 5.07. The zero-order chi connectivity index (χ0) is 11.4. The average Bonchev–Trinajstić information content (AvgIpc) is 2.30. The maximum atomic E-state index is 13.4. The number of ether oxygens (including phenoxy) is 1. The number of pyridine rings is 1. The Bertz CT molecular complexity index is 455. The summed E-state index contributed by atoms with van der Waals surface area (Å²) in [4.78, 5) is 3.90. The third-order valence-corrected chi connectivity index (χ3v) is 2.60. The number of rotatable bonds is 3. The fourth-order valence-corrected chi connectivity index (χ4v) is 1.68. The van der Waals surface area contributed by atoms with Crippen LogP contribution in [0.4, 0.5) is 4.39 Å². The van der Waals surface area contributed by atoms with Crippen LogP contribution in [0.15, 0.2) is 47.2 Å². The van der Waals surface area contributed by atoms with Crippen molar-refractivity contribution in [3.8, 4) is 5.75 Å². The normalized spacial score (nSPS) is 10.1. The van der Waals surface area contributed by atoms with Crippen molar-refractivity contribution >= 4 is 15.9 Å². The number of aromatic nitrogens is 1. The Hall–Kier alpha value is -1.42. The zero-order valence-electron chi connectivity index (χ0n) is 8.36. The minimum Gasteiger partial charge on any atom is -0.483 e. The highest BCUT2D eigenvalue weighted by Crippen LogP contribution is 2.26. The van der Waals surface area contributed by atoms with Gasteiger partial charge in [0.1, 0.15) is 6.61 Å². The molecule has 2 aromatic rings. The van der Waals surface area contributed by atoms with Crippen LogP contribution in [-0.2, 0) is 6.61 Å². The first-order chi connectivity index (χ1) is 7.77. The lowest BCUT2D eigenvalue weighted by atomic mass is 10.2. The lowest BCUT2D eigenvalue weighted by Crippen LogP contribution is -1.98. The number of benzene rings is 1. The van der Waals surface area contributed by atoms with E-state index in [1.165, 1.54) is 12.3 Å². The van der Waals surface area contributed by atoms with E-state index in [1.54, 1.807) is 0 Å². The van der Waals surface area contributed by atoms with Crippen molar-refractivity contribution in [3.05, 3.63) is 58.6 Å². The van der Waals surface area contributed by atoms with Crippen LogP contribution in [0, 0.1) is 5.82 Å². The Labute approximate surface area is 101 Å². The number of halogens is 2. The maximum absolute atomic E-state index is 13.4. The molecule has 0 aliphatic rings. The topological polar surface area (TPSA) is 22.1 Å². The minimum absolute atomic E-state index is 0.145. The van der Waals surface area contributed by atoms with Crippen LogP contribution in [0.1, 0.15) is 5.56 Å². The molecule has 0 radical (unpaired) electrons. The first-order valence-electron chi connectivity index (χ1n) is 4.74. The van der Waals surface area contributed by atoms with Crippen molar-refractivity contribution in [1.82, 2.24) is 4.98 Å². The fraction of sp³-hybridized carbons (Fsp3) is 0.0833. The van der Waals surface area contributed by atoms with Crippen LogP contribution >= 0.6 is 15.9 Å². The molecule has 0 atom stereocenters. The molecule has 0 aliphatic heterocycles. The molecule has 1 heterocycles. The van der Waals surface area contributed by atoms with E-state index < -0.39 is 5.82 Å². The van der Waals surface area contributed by atoms with Gasteiger partial charge in [-0.15, -0.1) is 0 Å². The van der Waals surface area contributed by atoms with Crippen LogP contribution in [0.3, 0.4) is 0 Å². The van der Waals surface area contributed by atoms with E-state index in [2.05, 4.69) is 20.9 Å². The molecule has 0 aliphatic carbocycles. The van der Waals surface area contributed by atoms with E-state index in [4.69, 9.17) is 4.74 Å². The molecule has 82 valence electrons. The highest BCUT2D eigenvalue weighted by atomic mass is 79.9. The second-order valence-electron chi connectivity index (χ2n) is 3.19. The van der Waals surface area contributed by atoms with Gasteiger partial charge in [-0.1, -0.05) is 30.3 Å². The average molecular weight is 282 g/mol. The number of hydrogen-bond donors (Lipinski definition) is 0. The molecule has 0 fully saturated rings. The molecule has 2 nitrogen and oxygen atoms in total. The van der Waals surface area contributed by atoms with Crippen molar-refractivity contribution in [2.24, 2.45) is 0 Å². The smallest absolute Gasteiger partial charge is 0.188 e. The summed E-state index contributed by atoms with van der Waals surface area (Å²) in [7, 11) is 0. The van der Waals surface area contributed by atoms with Gasteiger partial charge in [-0.05, 0) is 27.6 Å². The van der Waals surface area contributed by atoms with Gasteiger partial charge in [0.2, 0.25) is 0 Å². The van der Waals surface area contributed by atoms with Crippen LogP contribution in [0.2, 0.25) is 0 Å². The largest absolute Gasteiger partial charge is 0.483 e. The number of hydrogen-bond acceptors (Lipinski definition) is 2. The van der Waals surface area contributed by atoms with Crippen molar-refractivity contribution in [2.45, 2.75) is 6.61 Å². The molecule has 0 spiro atoms. The minimum atomic E-state index is -0.419. The lowest BCUT2D eigenvalue weighted by molar-refractivity contribution is 0.286. The highest BCUT2D eigenvalue weighted by Gasteiger charge is 2.08. The predicted octanol–water partition coefficient (Wildman–Crippen LogP) is 3.56.